The van der Waals surface area contributed by atoms with E-state index >= 15 is 0 Å². The lowest BCUT2D eigenvalue weighted by molar-refractivity contribution is 0.547. The summed E-state index contributed by atoms with van der Waals surface area (Å²) in [5.74, 6) is -0.884. The van der Waals surface area contributed by atoms with E-state index in [9.17, 15) is 12.8 Å². The van der Waals surface area contributed by atoms with Crippen molar-refractivity contribution in [3.63, 3.8) is 0 Å². The Morgan fingerprint density at radius 3 is 2.38 bits per heavy atom. The average molecular weight is 329 g/mol. The number of rotatable bonds is 4. The molecular formula is C14H14ClFN2O2S. The van der Waals surface area contributed by atoms with Gasteiger partial charge in [0, 0.05) is 16.8 Å². The number of hydrogen-bond donors (Lipinski definition) is 2. The fourth-order valence-corrected chi connectivity index (χ4v) is 3.27. The van der Waals surface area contributed by atoms with Gasteiger partial charge < -0.3 is 5.73 Å². The van der Waals surface area contributed by atoms with Crippen LogP contribution in [-0.2, 0) is 10.0 Å². The third-order valence-electron chi connectivity index (χ3n) is 2.95. The molecule has 0 spiro atoms. The molecule has 0 saturated carbocycles. The summed E-state index contributed by atoms with van der Waals surface area (Å²) >= 11 is 5.78. The highest BCUT2D eigenvalue weighted by Crippen LogP contribution is 2.21. The van der Waals surface area contributed by atoms with Crippen LogP contribution in [-0.4, -0.2) is 8.42 Å². The molecule has 0 bridgehead atoms. The molecule has 2 aromatic rings. The van der Waals surface area contributed by atoms with Crippen LogP contribution >= 0.6 is 11.6 Å². The van der Waals surface area contributed by atoms with Crippen molar-refractivity contribution in [1.82, 2.24) is 4.72 Å². The number of nitrogens with two attached hydrogens (primary N) is 1. The number of halogens is 2. The second-order valence-corrected chi connectivity index (χ2v) is 6.70. The molecule has 0 saturated heterocycles. The van der Waals surface area contributed by atoms with Gasteiger partial charge >= 0.3 is 0 Å². The summed E-state index contributed by atoms with van der Waals surface area (Å²) < 4.78 is 40.5. The van der Waals surface area contributed by atoms with Crippen molar-refractivity contribution in [3.05, 3.63) is 58.9 Å². The summed E-state index contributed by atoms with van der Waals surface area (Å²) in [6.07, 6.45) is 0. The normalized spacial score (nSPS) is 13.1. The van der Waals surface area contributed by atoms with E-state index in [1.165, 1.54) is 6.07 Å². The third kappa shape index (κ3) is 3.72. The number of nitrogens with one attached hydrogen (secondary N) is 1. The van der Waals surface area contributed by atoms with Gasteiger partial charge in [0.05, 0.1) is 0 Å². The molecule has 1 atom stereocenters. The fourth-order valence-electron chi connectivity index (χ4n) is 1.85. The van der Waals surface area contributed by atoms with Crippen LogP contribution in [0.2, 0.25) is 5.02 Å². The summed E-state index contributed by atoms with van der Waals surface area (Å²) in [7, 11) is -3.98. The molecule has 4 nitrogen and oxygen atoms in total. The number of benzene rings is 2. The Balaban J connectivity index is 2.26. The molecule has 7 heteroatoms. The van der Waals surface area contributed by atoms with E-state index in [0.29, 0.717) is 5.02 Å². The van der Waals surface area contributed by atoms with E-state index in [2.05, 4.69) is 4.72 Å². The number of nitrogen functional groups attached to an aromatic ring is 1. The Hall–Kier alpha value is -1.63. The molecule has 0 radical (unpaired) electrons. The first-order valence-corrected chi connectivity index (χ1v) is 7.98. The Morgan fingerprint density at radius 2 is 1.81 bits per heavy atom. The van der Waals surface area contributed by atoms with Gasteiger partial charge in [0.25, 0.3) is 0 Å². The predicted molar refractivity (Wildman–Crippen MR) is 81.0 cm³/mol. The van der Waals surface area contributed by atoms with Crippen molar-refractivity contribution in [3.8, 4) is 0 Å². The van der Waals surface area contributed by atoms with E-state index in [0.717, 1.165) is 17.7 Å². The molecule has 0 aliphatic rings. The van der Waals surface area contributed by atoms with Gasteiger partial charge in [-0.3, -0.25) is 0 Å². The highest BCUT2D eigenvalue weighted by atomic mass is 35.5. The summed E-state index contributed by atoms with van der Waals surface area (Å²) in [4.78, 5) is -0.433. The van der Waals surface area contributed by atoms with Gasteiger partial charge in [0.1, 0.15) is 10.7 Å². The molecule has 0 aromatic heterocycles. The molecule has 0 amide bonds. The minimum absolute atomic E-state index is 0.164. The molecule has 2 aromatic carbocycles. The Kier molecular flexibility index (Phi) is 4.51. The molecule has 21 heavy (non-hydrogen) atoms. The van der Waals surface area contributed by atoms with E-state index in [1.54, 1.807) is 31.2 Å². The van der Waals surface area contributed by atoms with Crippen molar-refractivity contribution >= 4 is 27.3 Å². The predicted octanol–water partition coefficient (Wildman–Crippen LogP) is 3.10. The van der Waals surface area contributed by atoms with Gasteiger partial charge in [-0.15, -0.1) is 0 Å². The topological polar surface area (TPSA) is 72.2 Å². The van der Waals surface area contributed by atoms with Gasteiger partial charge in [0.15, 0.2) is 0 Å². The maximum Gasteiger partial charge on any atom is 0.244 e. The maximum atomic E-state index is 13.7. The first-order valence-electron chi connectivity index (χ1n) is 6.12. The zero-order valence-electron chi connectivity index (χ0n) is 11.2. The summed E-state index contributed by atoms with van der Waals surface area (Å²) in [6.45, 7) is 1.66. The third-order valence-corrected chi connectivity index (χ3v) is 4.77. The molecule has 1 unspecified atom stereocenters. The molecule has 0 aliphatic heterocycles. The maximum absolute atomic E-state index is 13.7. The Morgan fingerprint density at radius 1 is 1.19 bits per heavy atom. The van der Waals surface area contributed by atoms with Gasteiger partial charge in [-0.05, 0) is 42.8 Å². The van der Waals surface area contributed by atoms with Crippen molar-refractivity contribution in [2.24, 2.45) is 0 Å². The summed E-state index contributed by atoms with van der Waals surface area (Å²) in [5, 5.41) is 0.554. The van der Waals surface area contributed by atoms with Crippen LogP contribution in [0, 0.1) is 5.82 Å². The molecule has 112 valence electrons. The molecule has 0 heterocycles. The molecule has 2 rings (SSSR count). The lowest BCUT2D eigenvalue weighted by atomic mass is 10.1. The van der Waals surface area contributed by atoms with Crippen molar-refractivity contribution < 1.29 is 12.8 Å². The summed E-state index contributed by atoms with van der Waals surface area (Å²) in [6, 6.07) is 9.65. The zero-order chi connectivity index (χ0) is 15.6. The fraction of sp³-hybridized carbons (Fsp3) is 0.143. The van der Waals surface area contributed by atoms with Crippen LogP contribution in [0.3, 0.4) is 0 Å². The number of sulfonamides is 1. The first kappa shape index (κ1) is 15.8. The van der Waals surface area contributed by atoms with Crippen LogP contribution in [0.25, 0.3) is 0 Å². The van der Waals surface area contributed by atoms with Crippen molar-refractivity contribution in [2.45, 2.75) is 17.9 Å². The smallest absolute Gasteiger partial charge is 0.244 e. The van der Waals surface area contributed by atoms with Crippen LogP contribution in [0.1, 0.15) is 18.5 Å². The minimum atomic E-state index is -3.98. The summed E-state index contributed by atoms with van der Waals surface area (Å²) in [5.41, 5.74) is 6.29. The second-order valence-electron chi connectivity index (χ2n) is 4.58. The molecule has 0 fully saturated rings. The van der Waals surface area contributed by atoms with Crippen LogP contribution in [0.5, 0.6) is 0 Å². The Bertz CT molecular complexity index is 748. The monoisotopic (exact) mass is 328 g/mol. The molecule has 3 N–H and O–H groups in total. The van der Waals surface area contributed by atoms with Crippen LogP contribution < -0.4 is 10.5 Å². The average Bonchev–Trinajstić information content (AvgIpc) is 2.38. The van der Waals surface area contributed by atoms with Gasteiger partial charge in [-0.2, -0.15) is 0 Å². The Labute approximate surface area is 127 Å². The largest absolute Gasteiger partial charge is 0.399 e. The quantitative estimate of drug-likeness (QED) is 0.847. The lowest BCUT2D eigenvalue weighted by Gasteiger charge is -2.15. The lowest BCUT2D eigenvalue weighted by Crippen LogP contribution is -2.27. The highest BCUT2D eigenvalue weighted by molar-refractivity contribution is 7.89. The van der Waals surface area contributed by atoms with E-state index in [4.69, 9.17) is 17.3 Å². The van der Waals surface area contributed by atoms with E-state index < -0.39 is 26.8 Å². The zero-order valence-corrected chi connectivity index (χ0v) is 12.7. The molecule has 0 aliphatic carbocycles. The molecular weight excluding hydrogens is 315 g/mol. The van der Waals surface area contributed by atoms with Crippen molar-refractivity contribution in [2.75, 3.05) is 5.73 Å². The minimum Gasteiger partial charge on any atom is -0.399 e. The van der Waals surface area contributed by atoms with E-state index in [-0.39, 0.29) is 5.69 Å². The van der Waals surface area contributed by atoms with Crippen molar-refractivity contribution in [1.29, 1.82) is 0 Å². The highest BCUT2D eigenvalue weighted by Gasteiger charge is 2.22. The number of hydrogen-bond acceptors (Lipinski definition) is 3. The second kappa shape index (κ2) is 6.01. The van der Waals surface area contributed by atoms with Gasteiger partial charge in [-0.25, -0.2) is 17.5 Å². The number of anilines is 1. The van der Waals surface area contributed by atoms with Gasteiger partial charge in [0.2, 0.25) is 10.0 Å². The van der Waals surface area contributed by atoms with Crippen LogP contribution in [0.15, 0.2) is 47.4 Å². The standard InChI is InChI=1S/C14H14ClFN2O2S/c1-9(10-2-4-11(15)5-3-10)18-21(19,20)14-7-6-12(17)8-13(14)16/h2-9,18H,17H2,1H3. The van der Waals surface area contributed by atoms with Crippen LogP contribution in [0.4, 0.5) is 10.1 Å². The first-order chi connectivity index (χ1) is 9.79. The van der Waals surface area contributed by atoms with Gasteiger partial charge in [-0.1, -0.05) is 23.7 Å². The SMILES string of the molecule is CC(NS(=O)(=O)c1ccc(N)cc1F)c1ccc(Cl)cc1. The van der Waals surface area contributed by atoms with E-state index in [1.807, 2.05) is 0 Å².